The van der Waals surface area contributed by atoms with E-state index in [1.807, 2.05) is 12.1 Å². The van der Waals surface area contributed by atoms with Crippen LogP contribution in [0.3, 0.4) is 0 Å². The second-order valence-electron chi connectivity index (χ2n) is 4.04. The first-order valence-electron chi connectivity index (χ1n) is 5.50. The second-order valence-corrected chi connectivity index (χ2v) is 4.48. The Morgan fingerprint density at radius 2 is 2.12 bits per heavy atom. The molecular weight excluding hydrogens is 234 g/mol. The van der Waals surface area contributed by atoms with Gasteiger partial charge in [0.25, 0.3) is 0 Å². The first-order chi connectivity index (χ1) is 8.19. The van der Waals surface area contributed by atoms with Crippen LogP contribution in [-0.4, -0.2) is 12.0 Å². The van der Waals surface area contributed by atoms with E-state index in [1.165, 1.54) is 0 Å². The summed E-state index contributed by atoms with van der Waals surface area (Å²) in [6.45, 7) is 0. The third-order valence-electron chi connectivity index (χ3n) is 2.53. The molecule has 0 aromatic heterocycles. The van der Waals surface area contributed by atoms with Gasteiger partial charge < -0.3 is 11.1 Å². The minimum absolute atomic E-state index is 0.269. The SMILES string of the molecule is C#CC(NC(N)=NC1CC1)c1ccc(Cl)cc1. The first kappa shape index (κ1) is 11.8. The average molecular weight is 248 g/mol. The van der Waals surface area contributed by atoms with Crippen molar-refractivity contribution in [2.45, 2.75) is 24.9 Å². The summed E-state index contributed by atoms with van der Waals surface area (Å²) < 4.78 is 0. The van der Waals surface area contributed by atoms with Gasteiger partial charge in [0.2, 0.25) is 0 Å². The van der Waals surface area contributed by atoms with Gasteiger partial charge in [-0.05, 0) is 30.5 Å². The minimum Gasteiger partial charge on any atom is -0.370 e. The molecule has 0 saturated heterocycles. The van der Waals surface area contributed by atoms with Gasteiger partial charge in [0.15, 0.2) is 5.96 Å². The molecule has 0 bridgehead atoms. The molecule has 1 aliphatic carbocycles. The normalized spacial score (nSPS) is 17.3. The van der Waals surface area contributed by atoms with Gasteiger partial charge in [-0.25, -0.2) is 0 Å². The summed E-state index contributed by atoms with van der Waals surface area (Å²) >= 11 is 5.82. The summed E-state index contributed by atoms with van der Waals surface area (Å²) in [7, 11) is 0. The van der Waals surface area contributed by atoms with E-state index in [4.69, 9.17) is 23.8 Å². The van der Waals surface area contributed by atoms with Crippen LogP contribution in [0.1, 0.15) is 24.4 Å². The monoisotopic (exact) mass is 247 g/mol. The van der Waals surface area contributed by atoms with Crippen LogP contribution in [-0.2, 0) is 0 Å². The Morgan fingerprint density at radius 1 is 1.47 bits per heavy atom. The van der Waals surface area contributed by atoms with E-state index in [0.29, 0.717) is 17.0 Å². The highest BCUT2D eigenvalue weighted by Crippen LogP contribution is 2.23. The van der Waals surface area contributed by atoms with Crippen LogP contribution >= 0.6 is 11.6 Å². The minimum atomic E-state index is -0.269. The van der Waals surface area contributed by atoms with Crippen molar-refractivity contribution in [3.8, 4) is 12.3 Å². The van der Waals surface area contributed by atoms with E-state index in [0.717, 1.165) is 18.4 Å². The quantitative estimate of drug-likeness (QED) is 0.488. The molecule has 3 N–H and O–H groups in total. The summed E-state index contributed by atoms with van der Waals surface area (Å²) in [5, 5.41) is 3.71. The number of aliphatic imine (C=N–C) groups is 1. The number of halogens is 1. The number of hydrogen-bond acceptors (Lipinski definition) is 1. The molecule has 0 aliphatic heterocycles. The van der Waals surface area contributed by atoms with E-state index in [2.05, 4.69) is 16.2 Å². The van der Waals surface area contributed by atoms with Crippen LogP contribution in [0.5, 0.6) is 0 Å². The molecule has 0 heterocycles. The van der Waals surface area contributed by atoms with E-state index in [1.54, 1.807) is 12.1 Å². The van der Waals surface area contributed by atoms with Crippen molar-refractivity contribution in [3.63, 3.8) is 0 Å². The molecule has 4 heteroatoms. The first-order valence-corrected chi connectivity index (χ1v) is 5.88. The Bertz CT molecular complexity index is 455. The molecule has 1 unspecified atom stereocenters. The maximum atomic E-state index is 5.82. The molecule has 1 atom stereocenters. The van der Waals surface area contributed by atoms with Gasteiger partial charge in [-0.15, -0.1) is 6.42 Å². The van der Waals surface area contributed by atoms with Crippen molar-refractivity contribution in [2.24, 2.45) is 10.7 Å². The van der Waals surface area contributed by atoms with Gasteiger partial charge in [-0.1, -0.05) is 29.7 Å². The molecule has 1 aromatic carbocycles. The number of nitrogens with one attached hydrogen (secondary N) is 1. The van der Waals surface area contributed by atoms with Crippen LogP contribution < -0.4 is 11.1 Å². The zero-order chi connectivity index (χ0) is 12.3. The lowest BCUT2D eigenvalue weighted by Gasteiger charge is -2.14. The summed E-state index contributed by atoms with van der Waals surface area (Å²) in [5.41, 5.74) is 6.73. The third-order valence-corrected chi connectivity index (χ3v) is 2.78. The number of hydrogen-bond donors (Lipinski definition) is 2. The molecule has 1 saturated carbocycles. The van der Waals surface area contributed by atoms with Crippen molar-refractivity contribution in [1.82, 2.24) is 5.32 Å². The number of guanidine groups is 1. The Morgan fingerprint density at radius 3 is 2.65 bits per heavy atom. The standard InChI is InChI=1S/C13H14ClN3/c1-2-12(9-3-5-10(14)6-4-9)17-13(15)16-11-7-8-11/h1,3-6,11-12H,7-8H2,(H3,15,16,17). The molecule has 1 fully saturated rings. The van der Waals surface area contributed by atoms with Crippen LogP contribution in [0.2, 0.25) is 5.02 Å². The van der Waals surface area contributed by atoms with Gasteiger partial charge in [0.1, 0.15) is 6.04 Å². The summed E-state index contributed by atoms with van der Waals surface area (Å²) in [6.07, 6.45) is 7.71. The Labute approximate surface area is 106 Å². The fraction of sp³-hybridized carbons (Fsp3) is 0.308. The lowest BCUT2D eigenvalue weighted by Crippen LogP contribution is -2.34. The smallest absolute Gasteiger partial charge is 0.190 e. The van der Waals surface area contributed by atoms with E-state index in [-0.39, 0.29) is 6.04 Å². The average Bonchev–Trinajstić information content (AvgIpc) is 3.11. The highest BCUT2D eigenvalue weighted by Gasteiger charge is 2.21. The van der Waals surface area contributed by atoms with Gasteiger partial charge in [0, 0.05) is 5.02 Å². The maximum absolute atomic E-state index is 5.82. The van der Waals surface area contributed by atoms with Crippen LogP contribution in [0.15, 0.2) is 29.3 Å². The zero-order valence-electron chi connectivity index (χ0n) is 9.36. The van der Waals surface area contributed by atoms with Gasteiger partial charge in [0.05, 0.1) is 6.04 Å². The molecule has 1 aliphatic rings. The summed E-state index contributed by atoms with van der Waals surface area (Å²) in [4.78, 5) is 4.28. The third kappa shape index (κ3) is 3.40. The van der Waals surface area contributed by atoms with Crippen molar-refractivity contribution >= 4 is 17.6 Å². The summed E-state index contributed by atoms with van der Waals surface area (Å²) in [6, 6.07) is 7.48. The lowest BCUT2D eigenvalue weighted by atomic mass is 10.1. The molecule has 3 nitrogen and oxygen atoms in total. The van der Waals surface area contributed by atoms with Crippen LogP contribution in [0, 0.1) is 12.3 Å². The van der Waals surface area contributed by atoms with Crippen molar-refractivity contribution in [2.75, 3.05) is 0 Å². The highest BCUT2D eigenvalue weighted by atomic mass is 35.5. The number of nitrogens with zero attached hydrogens (tertiary/aromatic N) is 1. The molecule has 0 spiro atoms. The number of benzene rings is 1. The van der Waals surface area contributed by atoms with Crippen LogP contribution in [0.25, 0.3) is 0 Å². The molecule has 0 amide bonds. The highest BCUT2D eigenvalue weighted by molar-refractivity contribution is 6.30. The van der Waals surface area contributed by atoms with Crippen LogP contribution in [0.4, 0.5) is 0 Å². The zero-order valence-corrected chi connectivity index (χ0v) is 10.1. The maximum Gasteiger partial charge on any atom is 0.190 e. The summed E-state index contributed by atoms with van der Waals surface area (Å²) in [5.74, 6) is 3.06. The molecule has 0 radical (unpaired) electrons. The fourth-order valence-electron chi connectivity index (χ4n) is 1.46. The van der Waals surface area contributed by atoms with E-state index < -0.39 is 0 Å². The fourth-order valence-corrected chi connectivity index (χ4v) is 1.59. The molecule has 17 heavy (non-hydrogen) atoms. The van der Waals surface area contributed by atoms with E-state index in [9.17, 15) is 0 Å². The van der Waals surface area contributed by atoms with E-state index >= 15 is 0 Å². The van der Waals surface area contributed by atoms with Gasteiger partial charge in [-0.2, -0.15) is 0 Å². The molecule has 2 rings (SSSR count). The Balaban J connectivity index is 2.06. The number of terminal acetylenes is 1. The van der Waals surface area contributed by atoms with Crippen molar-refractivity contribution in [3.05, 3.63) is 34.9 Å². The topological polar surface area (TPSA) is 50.4 Å². The van der Waals surface area contributed by atoms with Gasteiger partial charge >= 0.3 is 0 Å². The lowest BCUT2D eigenvalue weighted by molar-refractivity contribution is 0.800. The second kappa shape index (κ2) is 5.11. The predicted molar refractivity (Wildman–Crippen MR) is 70.8 cm³/mol. The molecule has 1 aromatic rings. The van der Waals surface area contributed by atoms with Crippen molar-refractivity contribution in [1.29, 1.82) is 0 Å². The van der Waals surface area contributed by atoms with Crippen molar-refractivity contribution < 1.29 is 0 Å². The number of nitrogens with two attached hydrogens (primary N) is 1. The number of rotatable bonds is 3. The Kier molecular flexibility index (Phi) is 3.55. The van der Waals surface area contributed by atoms with Gasteiger partial charge in [-0.3, -0.25) is 4.99 Å². The predicted octanol–water partition coefficient (Wildman–Crippen LogP) is 2.08. The largest absolute Gasteiger partial charge is 0.370 e. The Hall–Kier alpha value is -1.66. The molecule has 88 valence electrons. The molecular formula is C13H14ClN3.